The lowest BCUT2D eigenvalue weighted by atomic mass is 10.0. The predicted octanol–water partition coefficient (Wildman–Crippen LogP) is 3.39. The number of carbonyl (C=O) groups is 2. The van der Waals surface area contributed by atoms with Gasteiger partial charge in [-0.3, -0.25) is 9.59 Å². The molecule has 176 valence electrons. The van der Waals surface area contributed by atoms with Crippen LogP contribution in [0.5, 0.6) is 0 Å². The molecule has 0 spiro atoms. The molecule has 2 aliphatic rings. The van der Waals surface area contributed by atoms with E-state index in [1.165, 1.54) is 24.3 Å². The van der Waals surface area contributed by atoms with E-state index in [9.17, 15) is 14.0 Å². The minimum Gasteiger partial charge on any atom is -0.371 e. The summed E-state index contributed by atoms with van der Waals surface area (Å²) >= 11 is 0. The fourth-order valence-electron chi connectivity index (χ4n) is 4.80. The maximum absolute atomic E-state index is 13.4. The van der Waals surface area contributed by atoms with E-state index in [0.29, 0.717) is 5.56 Å². The van der Waals surface area contributed by atoms with E-state index >= 15 is 0 Å². The third-order valence-corrected chi connectivity index (χ3v) is 6.97. The number of piperidine rings is 2. The van der Waals surface area contributed by atoms with E-state index in [1.54, 1.807) is 0 Å². The summed E-state index contributed by atoms with van der Waals surface area (Å²) in [6.45, 7) is 3.55. The van der Waals surface area contributed by atoms with Gasteiger partial charge < -0.3 is 20.0 Å². The summed E-state index contributed by atoms with van der Waals surface area (Å²) in [5.41, 5.74) is 2.17. The van der Waals surface area contributed by atoms with Crippen molar-refractivity contribution in [2.45, 2.75) is 37.8 Å². The number of nitrogens with zero attached hydrogens (tertiary/aromatic N) is 3. The van der Waals surface area contributed by atoms with Crippen LogP contribution < -0.4 is 10.2 Å². The van der Waals surface area contributed by atoms with Crippen LogP contribution in [0.25, 0.3) is 0 Å². The third-order valence-electron chi connectivity index (χ3n) is 6.97. The summed E-state index contributed by atoms with van der Waals surface area (Å²) in [6, 6.07) is 13.8. The molecule has 0 saturated carbocycles. The number of benzene rings is 2. The van der Waals surface area contributed by atoms with Crippen molar-refractivity contribution in [2.24, 2.45) is 0 Å². The van der Waals surface area contributed by atoms with Gasteiger partial charge in [-0.2, -0.15) is 0 Å². The third kappa shape index (κ3) is 5.53. The summed E-state index contributed by atoms with van der Waals surface area (Å²) < 4.78 is 13.1. The molecule has 1 N–H and O–H groups in total. The van der Waals surface area contributed by atoms with Crippen molar-refractivity contribution in [1.29, 1.82) is 0 Å². The Hall–Kier alpha value is -2.93. The zero-order chi connectivity index (χ0) is 23.4. The molecule has 4 rings (SSSR count). The zero-order valence-corrected chi connectivity index (χ0v) is 19.5. The van der Waals surface area contributed by atoms with Gasteiger partial charge in [0.1, 0.15) is 5.82 Å². The van der Waals surface area contributed by atoms with Gasteiger partial charge in [0.15, 0.2) is 0 Å². The summed E-state index contributed by atoms with van der Waals surface area (Å²) in [5.74, 6) is -0.454. The number of rotatable bonds is 5. The Labute approximate surface area is 195 Å². The Morgan fingerprint density at radius 1 is 0.939 bits per heavy atom. The Morgan fingerprint density at radius 3 is 2.24 bits per heavy atom. The average molecular weight is 453 g/mol. The number of carbonyl (C=O) groups excluding carboxylic acids is 2. The van der Waals surface area contributed by atoms with Gasteiger partial charge in [0, 0.05) is 43.5 Å². The first-order chi connectivity index (χ1) is 15.9. The van der Waals surface area contributed by atoms with Gasteiger partial charge in [0.05, 0.1) is 5.56 Å². The van der Waals surface area contributed by atoms with Crippen molar-refractivity contribution in [3.05, 3.63) is 65.5 Å². The standard InChI is InChI=1S/C26H33FN4O2/c1-29-15-13-22(14-16-29)30(2)26(33)23-5-3-4-6-24(23)31-17-11-21(12-18-31)28-25(32)19-7-9-20(27)10-8-19/h3-10,21-22H,11-18H2,1-2H3,(H,28,32). The first kappa shape index (κ1) is 23.2. The average Bonchev–Trinajstić information content (AvgIpc) is 2.84. The molecule has 6 nitrogen and oxygen atoms in total. The van der Waals surface area contributed by atoms with Crippen LogP contribution in [0.2, 0.25) is 0 Å². The number of para-hydroxylation sites is 1. The quantitative estimate of drug-likeness (QED) is 0.756. The van der Waals surface area contributed by atoms with Crippen molar-refractivity contribution in [2.75, 3.05) is 45.2 Å². The van der Waals surface area contributed by atoms with Gasteiger partial charge in [-0.15, -0.1) is 0 Å². The molecule has 0 aliphatic carbocycles. The normalized spacial score (nSPS) is 18.2. The summed E-state index contributed by atoms with van der Waals surface area (Å²) in [6.07, 6.45) is 3.58. The first-order valence-electron chi connectivity index (χ1n) is 11.8. The summed E-state index contributed by atoms with van der Waals surface area (Å²) in [7, 11) is 4.05. The first-order valence-corrected chi connectivity index (χ1v) is 11.8. The second-order valence-electron chi connectivity index (χ2n) is 9.21. The number of amides is 2. The molecule has 0 aromatic heterocycles. The van der Waals surface area contributed by atoms with Crippen LogP contribution in [0.15, 0.2) is 48.5 Å². The highest BCUT2D eigenvalue weighted by Gasteiger charge is 2.28. The van der Waals surface area contributed by atoms with Crippen LogP contribution in [0, 0.1) is 5.82 Å². The van der Waals surface area contributed by atoms with E-state index in [4.69, 9.17) is 0 Å². The van der Waals surface area contributed by atoms with Gasteiger partial charge in [0.2, 0.25) is 0 Å². The zero-order valence-electron chi connectivity index (χ0n) is 19.5. The van der Waals surface area contributed by atoms with Crippen LogP contribution in [-0.4, -0.2) is 74.0 Å². The second-order valence-corrected chi connectivity index (χ2v) is 9.21. The minimum absolute atomic E-state index is 0.0589. The smallest absolute Gasteiger partial charge is 0.255 e. The number of halogens is 1. The number of likely N-dealkylation sites (tertiary alicyclic amines) is 1. The lowest BCUT2D eigenvalue weighted by molar-refractivity contribution is 0.0660. The Balaban J connectivity index is 1.37. The lowest BCUT2D eigenvalue weighted by Crippen LogP contribution is -2.46. The minimum atomic E-state index is -0.352. The van der Waals surface area contributed by atoms with Crippen LogP contribution in [0.1, 0.15) is 46.4 Å². The van der Waals surface area contributed by atoms with E-state index in [2.05, 4.69) is 22.2 Å². The van der Waals surface area contributed by atoms with Gasteiger partial charge in [-0.25, -0.2) is 4.39 Å². The van der Waals surface area contributed by atoms with E-state index in [-0.39, 0.29) is 29.7 Å². The molecular weight excluding hydrogens is 419 g/mol. The molecule has 0 unspecified atom stereocenters. The van der Waals surface area contributed by atoms with Crippen LogP contribution >= 0.6 is 0 Å². The van der Waals surface area contributed by atoms with E-state index in [0.717, 1.165) is 63.1 Å². The maximum Gasteiger partial charge on any atom is 0.255 e. The summed E-state index contributed by atoms with van der Waals surface area (Å²) in [5, 5.41) is 3.06. The van der Waals surface area contributed by atoms with E-state index < -0.39 is 0 Å². The molecule has 0 atom stereocenters. The number of hydrogen-bond donors (Lipinski definition) is 1. The maximum atomic E-state index is 13.4. The molecule has 2 fully saturated rings. The number of hydrogen-bond acceptors (Lipinski definition) is 4. The molecule has 2 amide bonds. The van der Waals surface area contributed by atoms with Crippen molar-refractivity contribution < 1.29 is 14.0 Å². The monoisotopic (exact) mass is 452 g/mol. The second kappa shape index (κ2) is 10.3. The highest BCUT2D eigenvalue weighted by atomic mass is 19.1. The fourth-order valence-corrected chi connectivity index (χ4v) is 4.80. The largest absolute Gasteiger partial charge is 0.371 e. The van der Waals surface area contributed by atoms with Gasteiger partial charge in [-0.1, -0.05) is 12.1 Å². The molecule has 2 aromatic carbocycles. The van der Waals surface area contributed by atoms with Gasteiger partial charge in [0.25, 0.3) is 11.8 Å². The number of nitrogens with one attached hydrogen (secondary N) is 1. The van der Waals surface area contributed by atoms with Gasteiger partial charge >= 0.3 is 0 Å². The fraction of sp³-hybridized carbons (Fsp3) is 0.462. The molecule has 2 aromatic rings. The molecule has 33 heavy (non-hydrogen) atoms. The molecule has 2 aliphatic heterocycles. The molecule has 0 bridgehead atoms. The SMILES string of the molecule is CN1CCC(N(C)C(=O)c2ccccc2N2CCC(NC(=O)c3ccc(F)cc3)CC2)CC1. The van der Waals surface area contributed by atoms with Crippen molar-refractivity contribution in [1.82, 2.24) is 15.1 Å². The predicted molar refractivity (Wildman–Crippen MR) is 128 cm³/mol. The van der Waals surface area contributed by atoms with Crippen molar-refractivity contribution >= 4 is 17.5 Å². The highest BCUT2D eigenvalue weighted by molar-refractivity contribution is 6.00. The van der Waals surface area contributed by atoms with Crippen LogP contribution in [0.4, 0.5) is 10.1 Å². The number of anilines is 1. The van der Waals surface area contributed by atoms with E-state index in [1.807, 2.05) is 36.2 Å². The van der Waals surface area contributed by atoms with Crippen LogP contribution in [0.3, 0.4) is 0 Å². The van der Waals surface area contributed by atoms with Crippen LogP contribution in [-0.2, 0) is 0 Å². The van der Waals surface area contributed by atoms with Crippen molar-refractivity contribution in [3.8, 4) is 0 Å². The Bertz CT molecular complexity index is 965. The molecule has 2 heterocycles. The highest BCUT2D eigenvalue weighted by Crippen LogP contribution is 2.27. The van der Waals surface area contributed by atoms with Gasteiger partial charge in [-0.05, 0) is 82.2 Å². The van der Waals surface area contributed by atoms with Crippen molar-refractivity contribution in [3.63, 3.8) is 0 Å². The molecule has 0 radical (unpaired) electrons. The lowest BCUT2D eigenvalue weighted by Gasteiger charge is -2.37. The Morgan fingerprint density at radius 2 is 1.58 bits per heavy atom. The topological polar surface area (TPSA) is 55.9 Å². The summed E-state index contributed by atoms with van der Waals surface area (Å²) in [4.78, 5) is 32.3. The molecule has 2 saturated heterocycles. The molecular formula is C26H33FN4O2. The molecule has 7 heteroatoms. The Kier molecular flexibility index (Phi) is 7.28.